The van der Waals surface area contributed by atoms with Gasteiger partial charge in [0.15, 0.2) is 0 Å². The monoisotopic (exact) mass is 263 g/mol. The van der Waals surface area contributed by atoms with Gasteiger partial charge in [-0.2, -0.15) is 0 Å². The second-order valence-corrected chi connectivity index (χ2v) is 5.14. The average Bonchev–Trinajstić information content (AvgIpc) is 2.43. The average molecular weight is 263 g/mol. The van der Waals surface area contributed by atoms with Crippen LogP contribution in [0.1, 0.15) is 25.8 Å². The SMILES string of the molecule is COC(=O)C(C)(C)CNC(=O)CCc1ccccc1. The second kappa shape index (κ2) is 6.92. The third-order valence-electron chi connectivity index (χ3n) is 2.95. The lowest BCUT2D eigenvalue weighted by Gasteiger charge is -2.21. The summed E-state index contributed by atoms with van der Waals surface area (Å²) in [6.45, 7) is 3.78. The van der Waals surface area contributed by atoms with Gasteiger partial charge in [0.2, 0.25) is 5.91 Å². The molecule has 0 aromatic heterocycles. The van der Waals surface area contributed by atoms with Crippen LogP contribution < -0.4 is 5.32 Å². The highest BCUT2D eigenvalue weighted by Gasteiger charge is 2.28. The Kier molecular flexibility index (Phi) is 5.55. The van der Waals surface area contributed by atoms with Crippen molar-refractivity contribution in [2.75, 3.05) is 13.7 Å². The van der Waals surface area contributed by atoms with Gasteiger partial charge in [-0.05, 0) is 25.8 Å². The molecule has 19 heavy (non-hydrogen) atoms. The summed E-state index contributed by atoms with van der Waals surface area (Å²) < 4.78 is 4.69. The number of ether oxygens (including phenoxy) is 1. The predicted molar refractivity (Wildman–Crippen MR) is 73.6 cm³/mol. The van der Waals surface area contributed by atoms with Gasteiger partial charge in [0, 0.05) is 13.0 Å². The summed E-state index contributed by atoms with van der Waals surface area (Å²) in [5, 5.41) is 2.77. The number of methoxy groups -OCH3 is 1. The Bertz CT molecular complexity index is 426. The smallest absolute Gasteiger partial charge is 0.313 e. The maximum atomic E-state index is 11.7. The summed E-state index contributed by atoms with van der Waals surface area (Å²) in [5.74, 6) is -0.378. The molecule has 0 bridgehead atoms. The van der Waals surface area contributed by atoms with Gasteiger partial charge in [-0.15, -0.1) is 0 Å². The van der Waals surface area contributed by atoms with Crippen LogP contribution in [0.5, 0.6) is 0 Å². The number of carbonyl (C=O) groups is 2. The number of amides is 1. The first kappa shape index (κ1) is 15.2. The molecule has 1 aromatic carbocycles. The van der Waals surface area contributed by atoms with Crippen molar-refractivity contribution in [2.24, 2.45) is 5.41 Å². The normalized spacial score (nSPS) is 10.9. The summed E-state index contributed by atoms with van der Waals surface area (Å²) in [7, 11) is 1.35. The van der Waals surface area contributed by atoms with Gasteiger partial charge in [-0.3, -0.25) is 9.59 Å². The number of hydrogen-bond donors (Lipinski definition) is 1. The zero-order valence-corrected chi connectivity index (χ0v) is 11.7. The number of aryl methyl sites for hydroxylation is 1. The number of nitrogens with one attached hydrogen (secondary N) is 1. The second-order valence-electron chi connectivity index (χ2n) is 5.14. The minimum absolute atomic E-state index is 0.0548. The van der Waals surface area contributed by atoms with Crippen LogP contribution >= 0.6 is 0 Å². The lowest BCUT2D eigenvalue weighted by molar-refractivity contribution is -0.150. The fraction of sp³-hybridized carbons (Fsp3) is 0.467. The van der Waals surface area contributed by atoms with Crippen molar-refractivity contribution in [3.8, 4) is 0 Å². The van der Waals surface area contributed by atoms with Crippen molar-refractivity contribution in [2.45, 2.75) is 26.7 Å². The standard InChI is InChI=1S/C15H21NO3/c1-15(2,14(18)19-3)11-16-13(17)10-9-12-7-5-4-6-8-12/h4-8H,9-11H2,1-3H3,(H,16,17). The molecule has 0 aliphatic heterocycles. The van der Waals surface area contributed by atoms with E-state index in [-0.39, 0.29) is 18.4 Å². The number of hydrogen-bond acceptors (Lipinski definition) is 3. The fourth-order valence-corrected chi connectivity index (χ4v) is 1.66. The minimum atomic E-state index is -0.697. The van der Waals surface area contributed by atoms with E-state index in [0.717, 1.165) is 5.56 Å². The maximum Gasteiger partial charge on any atom is 0.313 e. The van der Waals surface area contributed by atoms with Gasteiger partial charge in [0.1, 0.15) is 0 Å². The maximum absolute atomic E-state index is 11.7. The molecule has 1 N–H and O–H groups in total. The molecule has 0 unspecified atom stereocenters. The van der Waals surface area contributed by atoms with Crippen molar-refractivity contribution in [1.29, 1.82) is 0 Å². The van der Waals surface area contributed by atoms with Gasteiger partial charge in [0.25, 0.3) is 0 Å². The molecule has 0 fully saturated rings. The van der Waals surface area contributed by atoms with Crippen LogP contribution in [0.25, 0.3) is 0 Å². The van der Waals surface area contributed by atoms with Crippen LogP contribution in [0.4, 0.5) is 0 Å². The molecule has 0 heterocycles. The topological polar surface area (TPSA) is 55.4 Å². The molecular weight excluding hydrogens is 242 g/mol. The first-order valence-electron chi connectivity index (χ1n) is 6.35. The molecule has 0 saturated heterocycles. The van der Waals surface area contributed by atoms with Crippen molar-refractivity contribution in [3.63, 3.8) is 0 Å². The molecular formula is C15H21NO3. The van der Waals surface area contributed by atoms with Crippen molar-refractivity contribution < 1.29 is 14.3 Å². The summed E-state index contributed by atoms with van der Waals surface area (Å²) in [5.41, 5.74) is 0.432. The van der Waals surface area contributed by atoms with Gasteiger partial charge in [0.05, 0.1) is 12.5 Å². The molecule has 1 rings (SSSR count). The predicted octanol–water partition coefficient (Wildman–Crippen LogP) is 1.93. The molecule has 0 atom stereocenters. The molecule has 1 aromatic rings. The van der Waals surface area contributed by atoms with E-state index >= 15 is 0 Å². The molecule has 104 valence electrons. The van der Waals surface area contributed by atoms with E-state index in [0.29, 0.717) is 12.8 Å². The molecule has 0 aliphatic rings. The Labute approximate surface area is 114 Å². The molecule has 0 spiro atoms. The highest BCUT2D eigenvalue weighted by molar-refractivity contribution is 5.79. The summed E-state index contributed by atoms with van der Waals surface area (Å²) in [6.07, 6.45) is 1.12. The summed E-state index contributed by atoms with van der Waals surface area (Å²) in [6, 6.07) is 9.83. The van der Waals surface area contributed by atoms with E-state index in [1.165, 1.54) is 7.11 Å². The van der Waals surface area contributed by atoms with Crippen LogP contribution in [0.2, 0.25) is 0 Å². The minimum Gasteiger partial charge on any atom is -0.469 e. The highest BCUT2D eigenvalue weighted by atomic mass is 16.5. The molecule has 1 amide bonds. The van der Waals surface area contributed by atoms with Gasteiger partial charge in [-0.1, -0.05) is 30.3 Å². The van der Waals surface area contributed by atoms with E-state index in [1.54, 1.807) is 13.8 Å². The van der Waals surface area contributed by atoms with Crippen LogP contribution in [0.3, 0.4) is 0 Å². The van der Waals surface area contributed by atoms with E-state index in [4.69, 9.17) is 0 Å². The van der Waals surface area contributed by atoms with Gasteiger partial charge < -0.3 is 10.1 Å². The number of esters is 1. The summed E-state index contributed by atoms with van der Waals surface area (Å²) >= 11 is 0. The van der Waals surface area contributed by atoms with Crippen LogP contribution in [0, 0.1) is 5.41 Å². The molecule has 0 aliphatic carbocycles. The van der Waals surface area contributed by atoms with Crippen molar-refractivity contribution in [1.82, 2.24) is 5.32 Å². The molecule has 0 saturated carbocycles. The van der Waals surface area contributed by atoms with Crippen LogP contribution in [-0.2, 0) is 20.7 Å². The first-order chi connectivity index (χ1) is 8.95. The quantitative estimate of drug-likeness (QED) is 0.798. The van der Waals surface area contributed by atoms with E-state index in [9.17, 15) is 9.59 Å². The zero-order valence-electron chi connectivity index (χ0n) is 11.7. The van der Waals surface area contributed by atoms with Crippen LogP contribution in [0.15, 0.2) is 30.3 Å². The lowest BCUT2D eigenvalue weighted by Crippen LogP contribution is -2.39. The lowest BCUT2D eigenvalue weighted by atomic mass is 9.93. The third kappa shape index (κ3) is 5.12. The Balaban J connectivity index is 2.34. The number of benzene rings is 1. The third-order valence-corrected chi connectivity index (χ3v) is 2.95. The summed E-state index contributed by atoms with van der Waals surface area (Å²) in [4.78, 5) is 23.2. The van der Waals surface area contributed by atoms with Crippen molar-refractivity contribution in [3.05, 3.63) is 35.9 Å². The largest absolute Gasteiger partial charge is 0.469 e. The molecule has 4 nitrogen and oxygen atoms in total. The molecule has 0 radical (unpaired) electrons. The van der Waals surface area contributed by atoms with E-state index < -0.39 is 5.41 Å². The number of rotatable bonds is 6. The zero-order chi connectivity index (χ0) is 14.3. The molecule has 4 heteroatoms. The van der Waals surface area contributed by atoms with Gasteiger partial charge >= 0.3 is 5.97 Å². The number of carbonyl (C=O) groups excluding carboxylic acids is 2. The fourth-order valence-electron chi connectivity index (χ4n) is 1.66. The first-order valence-corrected chi connectivity index (χ1v) is 6.35. The van der Waals surface area contributed by atoms with Crippen molar-refractivity contribution >= 4 is 11.9 Å². The Morgan fingerprint density at radius 2 is 1.84 bits per heavy atom. The Morgan fingerprint density at radius 1 is 1.21 bits per heavy atom. The van der Waals surface area contributed by atoms with Crippen LogP contribution in [-0.4, -0.2) is 25.5 Å². The van der Waals surface area contributed by atoms with E-state index in [1.807, 2.05) is 30.3 Å². The Morgan fingerprint density at radius 3 is 2.42 bits per heavy atom. The van der Waals surface area contributed by atoms with Gasteiger partial charge in [-0.25, -0.2) is 0 Å². The van der Waals surface area contributed by atoms with E-state index in [2.05, 4.69) is 10.1 Å². The Hall–Kier alpha value is -1.84. The highest BCUT2D eigenvalue weighted by Crippen LogP contribution is 2.15.